The molecule has 150 valence electrons. The second-order valence-electron chi connectivity index (χ2n) is 7.02. The maximum absolute atomic E-state index is 12.5. The summed E-state index contributed by atoms with van der Waals surface area (Å²) < 4.78 is 6.95. The van der Waals surface area contributed by atoms with Crippen LogP contribution < -0.4 is 4.74 Å². The molecule has 0 unspecified atom stereocenters. The van der Waals surface area contributed by atoms with Gasteiger partial charge in [0, 0.05) is 26.2 Å². The normalized spacial score (nSPS) is 14.7. The zero-order valence-electron chi connectivity index (χ0n) is 16.4. The number of carbonyl (C=O) groups excluding carboxylic acids is 1. The van der Waals surface area contributed by atoms with Gasteiger partial charge >= 0.3 is 0 Å². The second-order valence-corrected chi connectivity index (χ2v) is 7.02. The van der Waals surface area contributed by atoms with Crippen LogP contribution in [-0.4, -0.2) is 69.2 Å². The van der Waals surface area contributed by atoms with Gasteiger partial charge in [-0.3, -0.25) is 9.69 Å². The summed E-state index contributed by atoms with van der Waals surface area (Å²) in [6, 6.07) is 17.5. The van der Waals surface area contributed by atoms with Crippen LogP contribution >= 0.6 is 0 Å². The zero-order valence-corrected chi connectivity index (χ0v) is 16.4. The summed E-state index contributed by atoms with van der Waals surface area (Å²) in [6.07, 6.45) is 0.455. The smallest absolute Gasteiger partial charge is 0.227 e. The molecule has 8 heteroatoms. The highest BCUT2D eigenvalue weighted by Gasteiger charge is 2.22. The summed E-state index contributed by atoms with van der Waals surface area (Å²) in [5.41, 5.74) is 1.95. The van der Waals surface area contributed by atoms with Crippen molar-refractivity contribution in [2.45, 2.75) is 13.0 Å². The van der Waals surface area contributed by atoms with Gasteiger partial charge < -0.3 is 9.64 Å². The second kappa shape index (κ2) is 8.83. The summed E-state index contributed by atoms with van der Waals surface area (Å²) in [7, 11) is 1.64. The summed E-state index contributed by atoms with van der Waals surface area (Å²) in [5, 5.41) is 12.1. The molecule has 1 aliphatic rings. The van der Waals surface area contributed by atoms with Gasteiger partial charge in [-0.05, 0) is 40.3 Å². The topological polar surface area (TPSA) is 76.4 Å². The molecule has 1 amide bonds. The van der Waals surface area contributed by atoms with Gasteiger partial charge in [-0.2, -0.15) is 4.68 Å². The number of piperazine rings is 1. The van der Waals surface area contributed by atoms with E-state index in [2.05, 4.69) is 20.4 Å². The predicted molar refractivity (Wildman–Crippen MR) is 108 cm³/mol. The Morgan fingerprint density at radius 3 is 2.41 bits per heavy atom. The van der Waals surface area contributed by atoms with E-state index in [4.69, 9.17) is 4.74 Å². The van der Waals surface area contributed by atoms with E-state index in [-0.39, 0.29) is 5.91 Å². The minimum atomic E-state index is 0.180. The Morgan fingerprint density at radius 2 is 1.72 bits per heavy atom. The summed E-state index contributed by atoms with van der Waals surface area (Å²) in [4.78, 5) is 16.8. The SMILES string of the molecule is COc1ccc(-n2nnnc2CN2CCN(C(=O)Cc3ccccc3)CC2)cc1. The number of benzene rings is 2. The van der Waals surface area contributed by atoms with E-state index in [1.54, 1.807) is 11.8 Å². The van der Waals surface area contributed by atoms with Crippen LogP contribution in [-0.2, 0) is 17.8 Å². The van der Waals surface area contributed by atoms with Crippen molar-refractivity contribution < 1.29 is 9.53 Å². The summed E-state index contributed by atoms with van der Waals surface area (Å²) >= 11 is 0. The van der Waals surface area contributed by atoms with Gasteiger partial charge in [0.2, 0.25) is 5.91 Å². The van der Waals surface area contributed by atoms with Crippen LogP contribution in [0.3, 0.4) is 0 Å². The van der Waals surface area contributed by atoms with Crippen molar-refractivity contribution >= 4 is 5.91 Å². The summed E-state index contributed by atoms with van der Waals surface area (Å²) in [5.74, 6) is 1.75. The Bertz CT molecular complexity index is 933. The molecule has 3 aromatic rings. The third-order valence-corrected chi connectivity index (χ3v) is 5.14. The van der Waals surface area contributed by atoms with E-state index in [9.17, 15) is 4.79 Å². The number of amides is 1. The Labute approximate surface area is 169 Å². The summed E-state index contributed by atoms with van der Waals surface area (Å²) in [6.45, 7) is 3.68. The lowest BCUT2D eigenvalue weighted by atomic mass is 10.1. The van der Waals surface area contributed by atoms with Crippen LogP contribution in [0.1, 0.15) is 11.4 Å². The maximum atomic E-state index is 12.5. The minimum Gasteiger partial charge on any atom is -0.497 e. The number of aromatic nitrogens is 4. The average Bonchev–Trinajstić information content (AvgIpc) is 3.23. The van der Waals surface area contributed by atoms with Gasteiger partial charge in [0.05, 0.1) is 25.8 Å². The molecular weight excluding hydrogens is 368 g/mol. The van der Waals surface area contributed by atoms with Crippen molar-refractivity contribution in [3.8, 4) is 11.4 Å². The molecule has 0 atom stereocenters. The number of hydrogen-bond acceptors (Lipinski definition) is 6. The number of methoxy groups -OCH3 is 1. The van der Waals surface area contributed by atoms with Crippen LogP contribution in [0.2, 0.25) is 0 Å². The molecule has 4 rings (SSSR count). The van der Waals surface area contributed by atoms with E-state index in [0.29, 0.717) is 13.0 Å². The highest BCUT2D eigenvalue weighted by molar-refractivity contribution is 5.78. The average molecular weight is 392 g/mol. The van der Waals surface area contributed by atoms with Crippen molar-refractivity contribution in [3.05, 3.63) is 66.0 Å². The predicted octanol–water partition coefficient (Wildman–Crippen LogP) is 1.56. The fourth-order valence-electron chi connectivity index (χ4n) is 3.47. The Hall–Kier alpha value is -3.26. The molecule has 2 heterocycles. The van der Waals surface area contributed by atoms with Gasteiger partial charge in [0.1, 0.15) is 5.75 Å². The fraction of sp³-hybridized carbons (Fsp3) is 0.333. The Morgan fingerprint density at radius 1 is 1.00 bits per heavy atom. The number of nitrogens with zero attached hydrogens (tertiary/aromatic N) is 6. The van der Waals surface area contributed by atoms with E-state index in [1.165, 1.54) is 0 Å². The maximum Gasteiger partial charge on any atom is 0.227 e. The fourth-order valence-corrected chi connectivity index (χ4v) is 3.47. The number of ether oxygens (including phenoxy) is 1. The largest absolute Gasteiger partial charge is 0.497 e. The Kier molecular flexibility index (Phi) is 5.81. The first kappa shape index (κ1) is 19.1. The molecule has 0 saturated carbocycles. The minimum absolute atomic E-state index is 0.180. The van der Waals surface area contributed by atoms with Crippen LogP contribution in [0.4, 0.5) is 0 Å². The molecule has 1 aromatic heterocycles. The van der Waals surface area contributed by atoms with E-state index in [0.717, 1.165) is 49.0 Å². The third kappa shape index (κ3) is 4.60. The molecule has 29 heavy (non-hydrogen) atoms. The number of rotatable bonds is 6. The number of hydrogen-bond donors (Lipinski definition) is 0. The van der Waals surface area contributed by atoms with Crippen LogP contribution in [0, 0.1) is 0 Å². The van der Waals surface area contributed by atoms with E-state index >= 15 is 0 Å². The van der Waals surface area contributed by atoms with E-state index in [1.807, 2.05) is 59.5 Å². The highest BCUT2D eigenvalue weighted by Crippen LogP contribution is 2.16. The highest BCUT2D eigenvalue weighted by atomic mass is 16.5. The molecule has 8 nitrogen and oxygen atoms in total. The van der Waals surface area contributed by atoms with Gasteiger partial charge in [-0.25, -0.2) is 0 Å². The van der Waals surface area contributed by atoms with Crippen molar-refractivity contribution in [3.63, 3.8) is 0 Å². The molecule has 1 fully saturated rings. The molecule has 0 aliphatic carbocycles. The van der Waals surface area contributed by atoms with Crippen LogP contribution in [0.5, 0.6) is 5.75 Å². The zero-order chi connectivity index (χ0) is 20.1. The van der Waals surface area contributed by atoms with Crippen molar-refractivity contribution in [1.82, 2.24) is 30.0 Å². The van der Waals surface area contributed by atoms with Crippen molar-refractivity contribution in [2.24, 2.45) is 0 Å². The van der Waals surface area contributed by atoms with Crippen molar-refractivity contribution in [2.75, 3.05) is 33.3 Å². The van der Waals surface area contributed by atoms with Crippen LogP contribution in [0.15, 0.2) is 54.6 Å². The van der Waals surface area contributed by atoms with Crippen LogP contribution in [0.25, 0.3) is 5.69 Å². The van der Waals surface area contributed by atoms with Gasteiger partial charge in [0.15, 0.2) is 5.82 Å². The van der Waals surface area contributed by atoms with Gasteiger partial charge in [0.25, 0.3) is 0 Å². The molecule has 0 bridgehead atoms. The lowest BCUT2D eigenvalue weighted by Crippen LogP contribution is -2.48. The lowest BCUT2D eigenvalue weighted by Gasteiger charge is -2.34. The lowest BCUT2D eigenvalue weighted by molar-refractivity contribution is -0.132. The molecule has 2 aromatic carbocycles. The molecule has 1 saturated heterocycles. The monoisotopic (exact) mass is 392 g/mol. The molecule has 0 spiro atoms. The first-order valence-electron chi connectivity index (χ1n) is 9.68. The molecule has 0 N–H and O–H groups in total. The van der Waals surface area contributed by atoms with Crippen molar-refractivity contribution in [1.29, 1.82) is 0 Å². The molecular formula is C21H24N6O2. The first-order chi connectivity index (χ1) is 14.2. The number of tetrazole rings is 1. The van der Waals surface area contributed by atoms with Gasteiger partial charge in [-0.15, -0.1) is 5.10 Å². The first-order valence-corrected chi connectivity index (χ1v) is 9.68. The quantitative estimate of drug-likeness (QED) is 0.634. The number of carbonyl (C=O) groups is 1. The third-order valence-electron chi connectivity index (χ3n) is 5.14. The van der Waals surface area contributed by atoms with E-state index < -0.39 is 0 Å². The standard InChI is InChI=1S/C21H24N6O2/c1-29-19-9-7-18(8-10-19)27-20(22-23-24-27)16-25-11-13-26(14-12-25)21(28)15-17-5-3-2-4-6-17/h2-10H,11-16H2,1H3. The molecule has 0 radical (unpaired) electrons. The Balaban J connectivity index is 1.33. The van der Waals surface area contributed by atoms with Gasteiger partial charge in [-0.1, -0.05) is 30.3 Å². The molecule has 1 aliphatic heterocycles.